The summed E-state index contributed by atoms with van der Waals surface area (Å²) in [6.07, 6.45) is 6.54. The first-order valence-electron chi connectivity index (χ1n) is 13.8. The first kappa shape index (κ1) is 25.5. The normalized spacial score (nSPS) is 16.7. The van der Waals surface area contributed by atoms with Gasteiger partial charge in [-0.25, -0.2) is 9.80 Å². The van der Waals surface area contributed by atoms with Crippen LogP contribution in [0.5, 0.6) is 0 Å². The van der Waals surface area contributed by atoms with Gasteiger partial charge in [-0.1, -0.05) is 43.2 Å². The summed E-state index contributed by atoms with van der Waals surface area (Å²) in [7, 11) is 0. The van der Waals surface area contributed by atoms with Gasteiger partial charge in [0.15, 0.2) is 0 Å². The fourth-order valence-electron chi connectivity index (χ4n) is 6.40. The van der Waals surface area contributed by atoms with Gasteiger partial charge in [0, 0.05) is 43.7 Å². The van der Waals surface area contributed by atoms with Gasteiger partial charge >= 0.3 is 0 Å². The van der Waals surface area contributed by atoms with Crippen molar-refractivity contribution in [2.45, 2.75) is 36.5 Å². The lowest BCUT2D eigenvalue weighted by atomic mass is 9.85. The van der Waals surface area contributed by atoms with E-state index in [9.17, 15) is 19.2 Å². The summed E-state index contributed by atoms with van der Waals surface area (Å²) >= 11 is 1.48. The Bertz CT molecular complexity index is 1730. The molecule has 0 bridgehead atoms. The zero-order valence-corrected chi connectivity index (χ0v) is 23.1. The van der Waals surface area contributed by atoms with Crippen molar-refractivity contribution in [1.29, 1.82) is 0 Å². The molecule has 6 nitrogen and oxygen atoms in total. The predicted octanol–water partition coefficient (Wildman–Crippen LogP) is 7.38. The molecule has 3 aliphatic rings. The highest BCUT2D eigenvalue weighted by molar-refractivity contribution is 7.99. The molecule has 1 saturated carbocycles. The Hall–Kier alpha value is -4.49. The molecule has 0 N–H and O–H groups in total. The fraction of sp³-hybridized carbons (Fsp3) is 0.176. The van der Waals surface area contributed by atoms with Crippen molar-refractivity contribution in [3.63, 3.8) is 0 Å². The summed E-state index contributed by atoms with van der Waals surface area (Å²) < 4.78 is 0. The zero-order valence-electron chi connectivity index (χ0n) is 22.3. The largest absolute Gasteiger partial charge is 0.268 e. The van der Waals surface area contributed by atoms with Gasteiger partial charge in [0.25, 0.3) is 23.6 Å². The molecule has 0 saturated heterocycles. The van der Waals surface area contributed by atoms with Gasteiger partial charge in [-0.2, -0.15) is 0 Å². The van der Waals surface area contributed by atoms with Gasteiger partial charge in [0.05, 0.1) is 11.4 Å². The molecule has 7 rings (SSSR count). The molecule has 4 amide bonds. The molecule has 0 radical (unpaired) electrons. The first-order chi connectivity index (χ1) is 20.0. The molecule has 2 heterocycles. The highest BCUT2D eigenvalue weighted by Gasteiger charge is 2.41. The third kappa shape index (κ3) is 3.87. The maximum atomic E-state index is 13.9. The smallest absolute Gasteiger partial charge is 0.266 e. The molecule has 4 aromatic carbocycles. The Morgan fingerprint density at radius 3 is 1.73 bits per heavy atom. The Balaban J connectivity index is 1.31. The number of imide groups is 2. The Morgan fingerprint density at radius 1 is 0.683 bits per heavy atom. The van der Waals surface area contributed by atoms with E-state index in [1.54, 1.807) is 42.5 Å². The summed E-state index contributed by atoms with van der Waals surface area (Å²) in [4.78, 5) is 58.5. The Morgan fingerprint density at radius 2 is 1.20 bits per heavy atom. The molecule has 0 spiro atoms. The molecule has 1 fully saturated rings. The summed E-state index contributed by atoms with van der Waals surface area (Å²) in [5.74, 6) is -0.751. The second-order valence-electron chi connectivity index (χ2n) is 10.6. The molecular formula is C34H26N2O4S. The van der Waals surface area contributed by atoms with Crippen molar-refractivity contribution < 1.29 is 19.2 Å². The number of hydrogen-bond acceptors (Lipinski definition) is 5. The summed E-state index contributed by atoms with van der Waals surface area (Å²) in [6.45, 7) is 3.76. The van der Waals surface area contributed by atoms with Crippen LogP contribution in [-0.2, 0) is 0 Å². The molecule has 1 aliphatic carbocycles. The summed E-state index contributed by atoms with van der Waals surface area (Å²) in [6, 6.07) is 21.4. The number of carbonyl (C=O) groups excluding carboxylic acids is 4. The lowest BCUT2D eigenvalue weighted by Gasteiger charge is -2.32. The van der Waals surface area contributed by atoms with E-state index in [1.165, 1.54) is 40.0 Å². The maximum Gasteiger partial charge on any atom is 0.266 e. The average molecular weight is 559 g/mol. The van der Waals surface area contributed by atoms with Gasteiger partial charge in [-0.05, 0) is 72.9 Å². The second kappa shape index (κ2) is 9.85. The summed E-state index contributed by atoms with van der Waals surface area (Å²) in [5, 5.41) is 0.727. The zero-order chi connectivity index (χ0) is 28.2. The molecule has 7 heteroatoms. The minimum atomic E-state index is -0.484. The molecule has 202 valence electrons. The monoisotopic (exact) mass is 558 g/mol. The molecule has 41 heavy (non-hydrogen) atoms. The van der Waals surface area contributed by atoms with E-state index in [1.807, 2.05) is 36.4 Å². The lowest BCUT2D eigenvalue weighted by Crippen LogP contribution is -2.43. The van der Waals surface area contributed by atoms with Crippen molar-refractivity contribution in [2.24, 2.45) is 0 Å². The van der Waals surface area contributed by atoms with Crippen LogP contribution in [0.2, 0.25) is 0 Å². The van der Waals surface area contributed by atoms with Gasteiger partial charge in [0.2, 0.25) is 0 Å². The van der Waals surface area contributed by atoms with Crippen LogP contribution in [0, 0.1) is 0 Å². The molecule has 0 atom stereocenters. The fourth-order valence-corrected chi connectivity index (χ4v) is 7.17. The van der Waals surface area contributed by atoms with Crippen molar-refractivity contribution in [3.05, 3.63) is 113 Å². The number of nitrogens with zero attached hydrogens (tertiary/aromatic N) is 2. The maximum absolute atomic E-state index is 13.9. The minimum Gasteiger partial charge on any atom is -0.268 e. The second-order valence-corrected chi connectivity index (χ2v) is 11.7. The van der Waals surface area contributed by atoms with Crippen LogP contribution in [0.25, 0.3) is 10.8 Å². The van der Waals surface area contributed by atoms with Crippen LogP contribution >= 0.6 is 11.8 Å². The van der Waals surface area contributed by atoms with Crippen LogP contribution in [-0.4, -0.2) is 29.4 Å². The minimum absolute atomic E-state index is 0.290. The van der Waals surface area contributed by atoms with Crippen molar-refractivity contribution in [3.8, 4) is 0 Å². The predicted molar refractivity (Wildman–Crippen MR) is 161 cm³/mol. The quantitative estimate of drug-likeness (QED) is 0.140. The lowest BCUT2D eigenvalue weighted by molar-refractivity contribution is 0.0872. The molecular weight excluding hydrogens is 532 g/mol. The van der Waals surface area contributed by atoms with Gasteiger partial charge in [0.1, 0.15) is 0 Å². The SMILES string of the molecule is C=CCSc1ccccc1N1C(=O)c2ccc3c4c(ccc(c24)C1=O)C(=O)N(c1ccc(C2CCCC2)cc1)C3=O. The van der Waals surface area contributed by atoms with Crippen LogP contribution in [0.15, 0.2) is 90.3 Å². The highest BCUT2D eigenvalue weighted by Crippen LogP contribution is 2.42. The number of hydrogen-bond donors (Lipinski definition) is 0. The molecule has 2 aliphatic heterocycles. The van der Waals surface area contributed by atoms with Crippen LogP contribution < -0.4 is 9.80 Å². The van der Waals surface area contributed by atoms with Crippen LogP contribution in [0.3, 0.4) is 0 Å². The van der Waals surface area contributed by atoms with E-state index in [0.717, 1.165) is 17.7 Å². The van der Waals surface area contributed by atoms with Gasteiger partial charge in [-0.3, -0.25) is 19.2 Å². The number of anilines is 2. The number of amides is 4. The topological polar surface area (TPSA) is 74.8 Å². The standard InChI is InChI=1S/C34H26N2O4S/c1-2-19-41-28-10-6-5-9-27(28)36-33(39)25-17-15-23-29-24(16-18-26(30(25)29)34(36)40)32(38)35(31(23)37)22-13-11-21(12-14-22)20-7-3-4-8-20/h2,5-6,9-18,20H,1,3-4,7-8,19H2. The van der Waals surface area contributed by atoms with Gasteiger partial charge in [-0.15, -0.1) is 18.3 Å². The number of benzene rings is 4. The number of rotatable bonds is 6. The number of carbonyl (C=O) groups is 4. The summed E-state index contributed by atoms with van der Waals surface area (Å²) in [5.41, 5.74) is 3.41. The van der Waals surface area contributed by atoms with E-state index in [4.69, 9.17) is 0 Å². The first-order valence-corrected chi connectivity index (χ1v) is 14.8. The van der Waals surface area contributed by atoms with Crippen LogP contribution in [0.1, 0.15) is 78.6 Å². The molecule has 4 aromatic rings. The average Bonchev–Trinajstić information content (AvgIpc) is 3.54. The van der Waals surface area contributed by atoms with E-state index < -0.39 is 23.6 Å². The number of thioether (sulfide) groups is 1. The third-order valence-corrected chi connectivity index (χ3v) is 9.39. The van der Waals surface area contributed by atoms with Crippen molar-refractivity contribution in [1.82, 2.24) is 0 Å². The molecule has 0 unspecified atom stereocenters. The van der Waals surface area contributed by atoms with E-state index in [0.29, 0.717) is 56.1 Å². The third-order valence-electron chi connectivity index (χ3n) is 8.34. The van der Waals surface area contributed by atoms with E-state index in [2.05, 4.69) is 6.58 Å². The van der Waals surface area contributed by atoms with E-state index in [-0.39, 0.29) is 0 Å². The molecule has 0 aromatic heterocycles. The van der Waals surface area contributed by atoms with Crippen molar-refractivity contribution in [2.75, 3.05) is 15.6 Å². The Labute approximate surface area is 241 Å². The highest BCUT2D eigenvalue weighted by atomic mass is 32.2. The Kier molecular flexibility index (Phi) is 6.12. The van der Waals surface area contributed by atoms with Crippen molar-refractivity contribution >= 4 is 57.5 Å². The van der Waals surface area contributed by atoms with Crippen LogP contribution in [0.4, 0.5) is 11.4 Å². The number of para-hydroxylation sites is 1. The van der Waals surface area contributed by atoms with E-state index >= 15 is 0 Å². The van der Waals surface area contributed by atoms with Gasteiger partial charge < -0.3 is 0 Å².